The quantitative estimate of drug-likeness (QED) is 0.621. The predicted octanol–water partition coefficient (Wildman–Crippen LogP) is 1.99. The molecule has 0 saturated carbocycles. The van der Waals surface area contributed by atoms with Crippen LogP contribution in [0.2, 0.25) is 0 Å². The first-order valence-electron chi connectivity index (χ1n) is 4.50. The van der Waals surface area contributed by atoms with Crippen molar-refractivity contribution in [1.29, 1.82) is 0 Å². The van der Waals surface area contributed by atoms with Gasteiger partial charge in [-0.25, -0.2) is 0 Å². The normalized spacial score (nSPS) is 15.7. The summed E-state index contributed by atoms with van der Waals surface area (Å²) >= 11 is 0. The van der Waals surface area contributed by atoms with Crippen molar-refractivity contribution in [1.82, 2.24) is 0 Å². The molecule has 0 radical (unpaired) electrons. The van der Waals surface area contributed by atoms with Crippen molar-refractivity contribution < 1.29 is 9.84 Å². The third kappa shape index (κ3) is 4.52. The monoisotopic (exact) mass is 172 g/mol. The van der Waals surface area contributed by atoms with Crippen LogP contribution in [0.1, 0.15) is 27.2 Å². The summed E-state index contributed by atoms with van der Waals surface area (Å²) in [6.07, 6.45) is 1.07. The summed E-state index contributed by atoms with van der Waals surface area (Å²) in [7, 11) is 0. The minimum atomic E-state index is 0.110. The molecule has 1 N–H and O–H groups in total. The molecule has 0 spiro atoms. The van der Waals surface area contributed by atoms with E-state index in [-0.39, 0.29) is 18.6 Å². The average molecular weight is 172 g/mol. The Morgan fingerprint density at radius 1 is 1.50 bits per heavy atom. The van der Waals surface area contributed by atoms with Gasteiger partial charge in [0.25, 0.3) is 0 Å². The lowest BCUT2D eigenvalue weighted by atomic mass is 10.1. The van der Waals surface area contributed by atoms with Crippen LogP contribution in [0.25, 0.3) is 0 Å². The second-order valence-electron chi connectivity index (χ2n) is 3.28. The number of hydrogen-bond donors (Lipinski definition) is 1. The van der Waals surface area contributed by atoms with Crippen molar-refractivity contribution in [3.05, 3.63) is 12.2 Å². The summed E-state index contributed by atoms with van der Waals surface area (Å²) in [6, 6.07) is 0. The van der Waals surface area contributed by atoms with Crippen molar-refractivity contribution in [2.75, 3.05) is 13.2 Å². The van der Waals surface area contributed by atoms with E-state index in [4.69, 9.17) is 9.84 Å². The van der Waals surface area contributed by atoms with Crippen LogP contribution in [-0.2, 0) is 4.74 Å². The van der Waals surface area contributed by atoms with E-state index in [1.165, 1.54) is 0 Å². The second kappa shape index (κ2) is 6.21. The molecule has 72 valence electrons. The first kappa shape index (κ1) is 11.7. The van der Waals surface area contributed by atoms with E-state index in [9.17, 15) is 0 Å². The Balaban J connectivity index is 3.56. The molecular formula is C10H20O2. The molecule has 0 heterocycles. The van der Waals surface area contributed by atoms with Crippen LogP contribution in [0.3, 0.4) is 0 Å². The van der Waals surface area contributed by atoms with Crippen molar-refractivity contribution in [3.63, 3.8) is 0 Å². The Bertz CT molecular complexity index is 132. The third-order valence-corrected chi connectivity index (χ3v) is 2.14. The first-order valence-corrected chi connectivity index (χ1v) is 4.50. The SMILES string of the molecule is C=C(CC)CO[C@@H](C)C(C)CO. The molecule has 0 bridgehead atoms. The standard InChI is InChI=1S/C10H20O2/c1-5-8(2)7-12-10(4)9(3)6-11/h9-11H,2,5-7H2,1,3-4H3/t9?,10-/m0/s1. The van der Waals surface area contributed by atoms with Crippen LogP contribution in [-0.4, -0.2) is 24.4 Å². The molecule has 0 aromatic heterocycles. The number of aliphatic hydroxyl groups excluding tert-OH is 1. The summed E-state index contributed by atoms with van der Waals surface area (Å²) < 4.78 is 5.49. The maximum Gasteiger partial charge on any atom is 0.0677 e. The Labute approximate surface area is 75.2 Å². The van der Waals surface area contributed by atoms with Gasteiger partial charge in [-0.05, 0) is 13.3 Å². The van der Waals surface area contributed by atoms with Crippen LogP contribution in [0.4, 0.5) is 0 Å². The van der Waals surface area contributed by atoms with Gasteiger partial charge in [0.15, 0.2) is 0 Å². The fourth-order valence-electron chi connectivity index (χ4n) is 0.664. The van der Waals surface area contributed by atoms with E-state index < -0.39 is 0 Å². The second-order valence-corrected chi connectivity index (χ2v) is 3.28. The van der Waals surface area contributed by atoms with Gasteiger partial charge in [0, 0.05) is 12.5 Å². The lowest BCUT2D eigenvalue weighted by molar-refractivity contribution is 0.0233. The lowest BCUT2D eigenvalue weighted by Crippen LogP contribution is -2.21. The molecule has 2 nitrogen and oxygen atoms in total. The van der Waals surface area contributed by atoms with Gasteiger partial charge < -0.3 is 9.84 Å². The molecule has 2 heteroatoms. The zero-order valence-corrected chi connectivity index (χ0v) is 8.34. The van der Waals surface area contributed by atoms with Crippen LogP contribution in [0.15, 0.2) is 12.2 Å². The highest BCUT2D eigenvalue weighted by atomic mass is 16.5. The molecule has 0 rings (SSSR count). The molecule has 0 amide bonds. The van der Waals surface area contributed by atoms with Crippen LogP contribution in [0.5, 0.6) is 0 Å². The van der Waals surface area contributed by atoms with Gasteiger partial charge in [-0.3, -0.25) is 0 Å². The van der Waals surface area contributed by atoms with E-state index >= 15 is 0 Å². The van der Waals surface area contributed by atoms with E-state index in [1.54, 1.807) is 0 Å². The molecule has 0 aliphatic heterocycles. The molecule has 2 atom stereocenters. The minimum absolute atomic E-state index is 0.110. The van der Waals surface area contributed by atoms with E-state index in [1.807, 2.05) is 13.8 Å². The molecule has 0 aromatic rings. The van der Waals surface area contributed by atoms with Crippen molar-refractivity contribution in [2.45, 2.75) is 33.3 Å². The highest BCUT2D eigenvalue weighted by molar-refractivity contribution is 4.92. The maximum absolute atomic E-state index is 8.83. The van der Waals surface area contributed by atoms with E-state index in [2.05, 4.69) is 13.5 Å². The minimum Gasteiger partial charge on any atom is -0.396 e. The highest BCUT2D eigenvalue weighted by Gasteiger charge is 2.10. The van der Waals surface area contributed by atoms with Crippen LogP contribution < -0.4 is 0 Å². The van der Waals surface area contributed by atoms with Gasteiger partial charge in [-0.2, -0.15) is 0 Å². The fraction of sp³-hybridized carbons (Fsp3) is 0.800. The van der Waals surface area contributed by atoms with Gasteiger partial charge in [0.2, 0.25) is 0 Å². The zero-order valence-electron chi connectivity index (χ0n) is 8.34. The third-order valence-electron chi connectivity index (χ3n) is 2.14. The number of aliphatic hydroxyl groups is 1. The number of rotatable bonds is 6. The summed E-state index contributed by atoms with van der Waals surface area (Å²) in [4.78, 5) is 0. The smallest absolute Gasteiger partial charge is 0.0677 e. The van der Waals surface area contributed by atoms with Crippen molar-refractivity contribution in [2.24, 2.45) is 5.92 Å². The van der Waals surface area contributed by atoms with Gasteiger partial charge in [0.1, 0.15) is 0 Å². The Morgan fingerprint density at radius 3 is 2.50 bits per heavy atom. The Morgan fingerprint density at radius 2 is 2.08 bits per heavy atom. The first-order chi connectivity index (χ1) is 5.61. The van der Waals surface area contributed by atoms with Crippen molar-refractivity contribution in [3.8, 4) is 0 Å². The molecule has 0 fully saturated rings. The molecule has 0 aliphatic rings. The van der Waals surface area contributed by atoms with E-state index in [0.29, 0.717) is 6.61 Å². The number of hydrogen-bond acceptors (Lipinski definition) is 2. The Kier molecular flexibility index (Phi) is 6.03. The maximum atomic E-state index is 8.83. The molecule has 0 aromatic carbocycles. The fourth-order valence-corrected chi connectivity index (χ4v) is 0.664. The largest absolute Gasteiger partial charge is 0.396 e. The molecule has 1 unspecified atom stereocenters. The average Bonchev–Trinajstić information content (AvgIpc) is 2.11. The highest BCUT2D eigenvalue weighted by Crippen LogP contribution is 2.08. The summed E-state index contributed by atoms with van der Waals surface area (Å²) in [5.41, 5.74) is 1.10. The Hall–Kier alpha value is -0.340. The lowest BCUT2D eigenvalue weighted by Gasteiger charge is -2.18. The predicted molar refractivity (Wildman–Crippen MR) is 51.1 cm³/mol. The van der Waals surface area contributed by atoms with Gasteiger partial charge in [-0.1, -0.05) is 26.0 Å². The van der Waals surface area contributed by atoms with Gasteiger partial charge in [0.05, 0.1) is 12.7 Å². The summed E-state index contributed by atoms with van der Waals surface area (Å²) in [5.74, 6) is 0.203. The zero-order chi connectivity index (χ0) is 9.56. The summed E-state index contributed by atoms with van der Waals surface area (Å²) in [5, 5.41) is 8.83. The molecular weight excluding hydrogens is 152 g/mol. The number of ether oxygens (including phenoxy) is 1. The topological polar surface area (TPSA) is 29.5 Å². The molecule has 12 heavy (non-hydrogen) atoms. The van der Waals surface area contributed by atoms with Crippen molar-refractivity contribution >= 4 is 0 Å². The molecule has 0 saturated heterocycles. The molecule has 0 aliphatic carbocycles. The van der Waals surface area contributed by atoms with Gasteiger partial charge >= 0.3 is 0 Å². The van der Waals surface area contributed by atoms with Crippen LogP contribution in [0, 0.1) is 5.92 Å². The van der Waals surface area contributed by atoms with Gasteiger partial charge in [-0.15, -0.1) is 0 Å². The van der Waals surface area contributed by atoms with E-state index in [0.717, 1.165) is 12.0 Å². The van der Waals surface area contributed by atoms with Crippen LogP contribution >= 0.6 is 0 Å². The summed E-state index contributed by atoms with van der Waals surface area (Å²) in [6.45, 7) is 10.6.